The van der Waals surface area contributed by atoms with Crippen molar-refractivity contribution < 1.29 is 35.9 Å². The smallest absolute Gasteiger partial charge is 0.404 e. The molecule has 0 radical (unpaired) electrons. The zero-order chi connectivity index (χ0) is 25.2. The van der Waals surface area contributed by atoms with E-state index >= 15 is 0 Å². The maximum absolute atomic E-state index is 13.4. The van der Waals surface area contributed by atoms with Gasteiger partial charge < -0.3 is 15.8 Å². The van der Waals surface area contributed by atoms with Gasteiger partial charge in [-0.25, -0.2) is 8.42 Å². The number of carbonyl (C=O) groups excluding carboxylic acids is 2. The van der Waals surface area contributed by atoms with Crippen molar-refractivity contribution in [3.63, 3.8) is 0 Å². The van der Waals surface area contributed by atoms with Crippen molar-refractivity contribution in [1.29, 1.82) is 0 Å². The summed E-state index contributed by atoms with van der Waals surface area (Å²) in [7, 11) is -4.43. The lowest BCUT2D eigenvalue weighted by molar-refractivity contribution is -0.275. The quantitative estimate of drug-likeness (QED) is 0.552. The molecule has 2 amide bonds. The minimum atomic E-state index is -5.06. The van der Waals surface area contributed by atoms with Gasteiger partial charge in [-0.05, 0) is 74.8 Å². The molecular formula is C23H28F3N3O5S. The van der Waals surface area contributed by atoms with Crippen LogP contribution in [0.25, 0.3) is 0 Å². The van der Waals surface area contributed by atoms with Crippen LogP contribution in [-0.2, 0) is 19.6 Å². The second-order valence-corrected chi connectivity index (χ2v) is 12.3. The van der Waals surface area contributed by atoms with Gasteiger partial charge in [0.1, 0.15) is 10.6 Å². The van der Waals surface area contributed by atoms with Gasteiger partial charge in [-0.3, -0.25) is 9.59 Å². The van der Waals surface area contributed by atoms with E-state index < -0.39 is 50.9 Å². The number of sulfonamides is 1. The number of hydrogen-bond donors (Lipinski definition) is 2. The number of alkyl halides is 3. The summed E-state index contributed by atoms with van der Waals surface area (Å²) in [4.78, 5) is 24.6. The van der Waals surface area contributed by atoms with Gasteiger partial charge in [-0.2, -0.15) is 4.31 Å². The number of primary amides is 1. The highest BCUT2D eigenvalue weighted by molar-refractivity contribution is 7.89. The van der Waals surface area contributed by atoms with Gasteiger partial charge in [0, 0.05) is 17.5 Å². The summed E-state index contributed by atoms with van der Waals surface area (Å²) in [6, 6.07) is 3.92. The number of amides is 2. The molecular weight excluding hydrogens is 487 g/mol. The molecule has 0 saturated heterocycles. The Morgan fingerprint density at radius 3 is 2.31 bits per heavy atom. The summed E-state index contributed by atoms with van der Waals surface area (Å²) in [5.74, 6) is -1.01. The third kappa shape index (κ3) is 4.62. The molecule has 5 saturated carbocycles. The van der Waals surface area contributed by atoms with Gasteiger partial charge in [0.15, 0.2) is 0 Å². The van der Waals surface area contributed by atoms with Crippen LogP contribution in [0.5, 0.6) is 5.75 Å². The molecule has 6 rings (SSSR count). The van der Waals surface area contributed by atoms with Crippen LogP contribution < -0.4 is 15.8 Å². The molecule has 3 N–H and O–H groups in total. The van der Waals surface area contributed by atoms with Gasteiger partial charge in [-0.1, -0.05) is 12.1 Å². The number of nitrogens with zero attached hydrogens (tertiary/aromatic N) is 1. The van der Waals surface area contributed by atoms with Crippen LogP contribution in [0.3, 0.4) is 0 Å². The Balaban J connectivity index is 1.32. The maximum Gasteiger partial charge on any atom is 0.573 e. The number of halogens is 3. The number of hydrogen-bond acceptors (Lipinski definition) is 5. The normalized spacial score (nSPS) is 32.0. The highest BCUT2D eigenvalue weighted by Crippen LogP contribution is 2.59. The zero-order valence-corrected chi connectivity index (χ0v) is 19.8. The molecule has 192 valence electrons. The van der Waals surface area contributed by atoms with Crippen LogP contribution in [-0.4, -0.2) is 49.5 Å². The van der Waals surface area contributed by atoms with Crippen molar-refractivity contribution in [3.8, 4) is 5.75 Å². The lowest BCUT2D eigenvalue weighted by atomic mass is 9.47. The number of carbonyl (C=O) groups is 2. The van der Waals surface area contributed by atoms with Crippen LogP contribution in [0, 0.1) is 23.2 Å². The second kappa shape index (κ2) is 8.36. The molecule has 35 heavy (non-hydrogen) atoms. The van der Waals surface area contributed by atoms with Gasteiger partial charge in [0.2, 0.25) is 21.8 Å². The minimum absolute atomic E-state index is 0.101. The average Bonchev–Trinajstić information content (AvgIpc) is 3.58. The molecule has 2 unspecified atom stereocenters. The van der Waals surface area contributed by atoms with Gasteiger partial charge in [0.05, 0.1) is 6.54 Å². The molecule has 4 bridgehead atoms. The van der Waals surface area contributed by atoms with Crippen LogP contribution >= 0.6 is 0 Å². The van der Waals surface area contributed by atoms with Crippen molar-refractivity contribution >= 4 is 21.8 Å². The molecule has 1 aromatic rings. The number of benzene rings is 1. The third-order valence-electron chi connectivity index (χ3n) is 8.04. The van der Waals surface area contributed by atoms with Crippen molar-refractivity contribution in [2.45, 2.75) is 68.3 Å². The monoisotopic (exact) mass is 515 g/mol. The van der Waals surface area contributed by atoms with E-state index in [1.165, 1.54) is 12.1 Å². The lowest BCUT2D eigenvalue weighted by Crippen LogP contribution is -2.62. The molecule has 1 aromatic carbocycles. The predicted molar refractivity (Wildman–Crippen MR) is 117 cm³/mol. The van der Waals surface area contributed by atoms with E-state index in [4.69, 9.17) is 5.73 Å². The zero-order valence-electron chi connectivity index (χ0n) is 19.0. The largest absolute Gasteiger partial charge is 0.573 e. The molecule has 0 spiro atoms. The van der Waals surface area contributed by atoms with Gasteiger partial charge in [0.25, 0.3) is 0 Å². The fourth-order valence-corrected chi connectivity index (χ4v) is 8.46. The average molecular weight is 516 g/mol. The van der Waals surface area contributed by atoms with Crippen molar-refractivity contribution in [3.05, 3.63) is 24.3 Å². The molecule has 5 fully saturated rings. The number of nitrogens with one attached hydrogen (secondary N) is 1. The maximum atomic E-state index is 13.4. The Morgan fingerprint density at radius 1 is 1.11 bits per heavy atom. The van der Waals surface area contributed by atoms with Crippen LogP contribution in [0.1, 0.15) is 44.9 Å². The first-order valence-corrected chi connectivity index (χ1v) is 13.3. The second-order valence-electron chi connectivity index (χ2n) is 10.5. The SMILES string of the molecule is NC(=O)C12CC3CC(C1)C(NC(=O)CN(C1CC1)S(=O)(=O)c1ccccc1OC(F)(F)F)C(C3)C2. The topological polar surface area (TPSA) is 119 Å². The van der Waals surface area contributed by atoms with Gasteiger partial charge >= 0.3 is 6.36 Å². The van der Waals surface area contributed by atoms with E-state index in [0.717, 1.165) is 35.7 Å². The molecule has 5 aliphatic rings. The third-order valence-corrected chi connectivity index (χ3v) is 9.98. The minimum Gasteiger partial charge on any atom is -0.404 e. The molecule has 5 aliphatic carbocycles. The highest BCUT2D eigenvalue weighted by atomic mass is 32.2. The number of para-hydroxylation sites is 1. The summed E-state index contributed by atoms with van der Waals surface area (Å²) in [5, 5.41) is 3.00. The summed E-state index contributed by atoms with van der Waals surface area (Å²) in [6.45, 7) is -0.492. The summed E-state index contributed by atoms with van der Waals surface area (Å²) in [6.07, 6.45) is -0.205. The van der Waals surface area contributed by atoms with E-state index in [0.29, 0.717) is 31.6 Å². The van der Waals surface area contributed by atoms with E-state index in [-0.39, 0.29) is 23.8 Å². The highest BCUT2D eigenvalue weighted by Gasteiger charge is 2.58. The molecule has 12 heteroatoms. The van der Waals surface area contributed by atoms with Crippen LogP contribution in [0.15, 0.2) is 29.2 Å². The van der Waals surface area contributed by atoms with E-state index in [2.05, 4.69) is 10.1 Å². The molecule has 0 heterocycles. The van der Waals surface area contributed by atoms with Crippen molar-refractivity contribution in [2.75, 3.05) is 6.54 Å². The Kier molecular flexibility index (Phi) is 5.82. The van der Waals surface area contributed by atoms with Crippen molar-refractivity contribution in [2.24, 2.45) is 28.9 Å². The summed E-state index contributed by atoms with van der Waals surface area (Å²) in [5.41, 5.74) is 5.21. The standard InChI is InChI=1S/C23H28F3N3O5S/c24-23(25,26)34-17-3-1-2-4-18(17)35(32,33)29(16-5-6-16)12-19(30)28-20-14-7-13-8-15(20)11-22(9-13,10-14)21(27)31/h1-4,13-16,20H,5-12H2,(H2,27,31)(H,28,30). The Bertz CT molecular complexity index is 1120. The summed E-state index contributed by atoms with van der Waals surface area (Å²) >= 11 is 0. The molecule has 0 aliphatic heterocycles. The Hall–Kier alpha value is -2.34. The van der Waals surface area contributed by atoms with Crippen LogP contribution in [0.2, 0.25) is 0 Å². The number of ether oxygens (including phenoxy) is 1. The first kappa shape index (κ1) is 24.4. The first-order valence-electron chi connectivity index (χ1n) is 11.8. The lowest BCUT2D eigenvalue weighted by Gasteiger charge is -2.58. The first-order chi connectivity index (χ1) is 16.4. The molecule has 0 aromatic heterocycles. The van der Waals surface area contributed by atoms with E-state index in [1.807, 2.05) is 0 Å². The Morgan fingerprint density at radius 2 is 1.74 bits per heavy atom. The Labute approximate surface area is 201 Å². The van der Waals surface area contributed by atoms with E-state index in [9.17, 15) is 31.2 Å². The van der Waals surface area contributed by atoms with Crippen molar-refractivity contribution in [1.82, 2.24) is 9.62 Å². The number of rotatable bonds is 8. The predicted octanol–water partition coefficient (Wildman–Crippen LogP) is 2.53. The fraction of sp³-hybridized carbons (Fsp3) is 0.652. The fourth-order valence-electron chi connectivity index (χ4n) is 6.71. The van der Waals surface area contributed by atoms with E-state index in [1.54, 1.807) is 0 Å². The number of nitrogens with two attached hydrogens (primary N) is 1. The van der Waals surface area contributed by atoms with Gasteiger partial charge in [-0.15, -0.1) is 13.2 Å². The molecule has 8 nitrogen and oxygen atoms in total. The van der Waals surface area contributed by atoms with Crippen LogP contribution in [0.4, 0.5) is 13.2 Å². The summed E-state index contributed by atoms with van der Waals surface area (Å²) < 4.78 is 70.2. The molecule has 2 atom stereocenters.